The molecule has 0 spiro atoms. The largest absolute Gasteiger partial charge is 0.390 e. The predicted octanol–water partition coefficient (Wildman–Crippen LogP) is 22.7. The molecule has 6 nitrogen and oxygen atoms in total. The van der Waals surface area contributed by atoms with E-state index in [9.17, 15) is 34.8 Å². The Morgan fingerprint density at radius 2 is 0.646 bits per heavy atom. The van der Waals surface area contributed by atoms with Crippen molar-refractivity contribution in [3.05, 3.63) is 34.9 Å². The summed E-state index contributed by atoms with van der Waals surface area (Å²) in [6.45, 7) is 48.7. The first-order chi connectivity index (χ1) is 44.4. The Balaban J connectivity index is 0.000000165. The van der Waals surface area contributed by atoms with E-state index < -0.39 is 41.3 Å². The molecular weight excluding hydrogens is 1220 g/mol. The van der Waals surface area contributed by atoms with Gasteiger partial charge in [0, 0.05) is 0 Å². The minimum Gasteiger partial charge on any atom is -0.390 e. The van der Waals surface area contributed by atoms with E-state index in [0.717, 1.165) is 167 Å². The molecule has 0 aliphatic heterocycles. The Morgan fingerprint density at radius 3 is 0.854 bits per heavy atom. The molecule has 0 aromatic heterocycles. The van der Waals surface area contributed by atoms with Crippen molar-refractivity contribution < 1.29 is 34.8 Å². The first-order valence-corrected chi connectivity index (χ1v) is 42.6. The summed E-state index contributed by atoms with van der Waals surface area (Å²) >= 11 is 3.70. The van der Waals surface area contributed by atoms with Crippen LogP contribution in [0.2, 0.25) is 0 Å². The fraction of sp³-hybridized carbons (Fsp3) is 0.931. The second kappa shape index (κ2) is 29.1. The summed E-state index contributed by atoms with van der Waals surface area (Å²) in [5, 5.41) is 63.9. The molecule has 96 heavy (non-hydrogen) atoms. The van der Waals surface area contributed by atoms with Gasteiger partial charge in [-0.25, -0.2) is 0 Å². The Kier molecular flexibility index (Phi) is 24.1. The van der Waals surface area contributed by atoms with Crippen molar-refractivity contribution in [1.29, 1.82) is 0 Å². The maximum Gasteiger partial charge on any atom is 0.191 e. The molecule has 12 aliphatic carbocycles. The van der Waals surface area contributed by atoms with E-state index in [1.54, 1.807) is 16.7 Å². The smallest absolute Gasteiger partial charge is 0.191 e. The molecule has 6 N–H and O–H groups in total. The second-order valence-corrected chi connectivity index (χ2v) is 41.3. The van der Waals surface area contributed by atoms with Crippen LogP contribution in [0.3, 0.4) is 0 Å². The summed E-state index contributed by atoms with van der Waals surface area (Å²) in [4.78, 5) is 0. The molecule has 0 aromatic rings. The van der Waals surface area contributed by atoms with Gasteiger partial charge in [0.05, 0.1) is 33.6 Å². The van der Waals surface area contributed by atoms with E-state index in [1.165, 1.54) is 96.3 Å². The fourth-order valence-corrected chi connectivity index (χ4v) is 27.4. The molecule has 12 aliphatic rings. The number of rotatable bonds is 15. The van der Waals surface area contributed by atoms with Gasteiger partial charge in [-0.2, -0.15) is 4.20 Å². The van der Waals surface area contributed by atoms with E-state index in [0.29, 0.717) is 68.0 Å². The van der Waals surface area contributed by atoms with Crippen molar-refractivity contribution in [3.63, 3.8) is 0 Å². The zero-order chi connectivity index (χ0) is 71.2. The van der Waals surface area contributed by atoms with Gasteiger partial charge in [-0.05, 0) is 385 Å². The third-order valence-corrected chi connectivity index (χ3v) is 33.6. The number of hydrogen-bond acceptors (Lipinski definition) is 7. The molecular formula is C87H150FO6PS. The van der Waals surface area contributed by atoms with Gasteiger partial charge in [0.2, 0.25) is 0 Å². The fourth-order valence-electron chi connectivity index (χ4n) is 27.4. The lowest BCUT2D eigenvalue weighted by molar-refractivity contribution is -0.0885. The van der Waals surface area contributed by atoms with Gasteiger partial charge < -0.3 is 30.6 Å². The zero-order valence-corrected chi connectivity index (χ0v) is 67.5. The van der Waals surface area contributed by atoms with Crippen LogP contribution in [-0.2, 0) is 11.8 Å². The van der Waals surface area contributed by atoms with E-state index in [2.05, 4.69) is 134 Å². The molecule has 552 valence electrons. The molecule has 0 heterocycles. The maximum absolute atomic E-state index is 11.1. The summed E-state index contributed by atoms with van der Waals surface area (Å²) in [5.74, 6) is 13.8. The number of halogens is 1. The molecule has 0 radical (unpaired) electrons. The molecule has 1 unspecified atom stereocenters. The minimum absolute atomic E-state index is 0.310. The first-order valence-electron chi connectivity index (χ1n) is 40.8. The van der Waals surface area contributed by atoms with Gasteiger partial charge in [-0.3, -0.25) is 0 Å². The van der Waals surface area contributed by atoms with Crippen LogP contribution in [0.5, 0.6) is 0 Å². The van der Waals surface area contributed by atoms with Crippen LogP contribution in [0.4, 0.5) is 4.20 Å². The standard InChI is InChI=1S/3C29H50O2.FPS/c3*1-8-29(31)16-15-27(6)21(18-29)17-20(3)25-23-10-9-22(19(2)11-13-26(4,5)30)28(23,7)14-12-24(25)27;1-2-3/h3*17,19-20,22-25,30-31H,8-16,18H2,1-7H3;/t19-,20?,22-,23+,24+,25+,27+,28-,29+;19-,20+,22-,23+,24+,25+,27+,28-,29+;19-,20-,22-,23+,24+,25+,27+,28-,29+;/m111./s1. The van der Waals surface area contributed by atoms with Crippen molar-refractivity contribution in [2.24, 2.45) is 139 Å². The molecule has 27 atom stereocenters. The Labute approximate surface area is 596 Å². The monoisotopic (exact) mass is 1370 g/mol. The molecule has 12 rings (SSSR count). The minimum atomic E-state index is -0.542. The molecule has 9 heteroatoms. The van der Waals surface area contributed by atoms with Gasteiger partial charge in [-0.15, -0.1) is 0 Å². The lowest BCUT2D eigenvalue weighted by Crippen LogP contribution is -2.54. The topological polar surface area (TPSA) is 121 Å². The highest BCUT2D eigenvalue weighted by Crippen LogP contribution is 2.73. The normalized spacial score (nSPS) is 47.1. The molecule has 0 saturated heterocycles. The van der Waals surface area contributed by atoms with Crippen LogP contribution in [0.1, 0.15) is 338 Å². The van der Waals surface area contributed by atoms with Crippen LogP contribution in [0.25, 0.3) is 0 Å². The third kappa shape index (κ3) is 15.4. The van der Waals surface area contributed by atoms with Crippen LogP contribution in [0.15, 0.2) is 34.9 Å². The molecule has 9 saturated carbocycles. The average molecular weight is 1370 g/mol. The van der Waals surface area contributed by atoms with E-state index in [-0.39, 0.29) is 0 Å². The molecule has 0 aromatic carbocycles. The lowest BCUT2D eigenvalue weighted by atomic mass is 9.44. The molecule has 0 amide bonds. The van der Waals surface area contributed by atoms with Gasteiger partial charge in [0.25, 0.3) is 0 Å². The number of fused-ring (bicyclic) bond motifs is 15. The highest BCUT2D eigenvalue weighted by atomic mass is 32.4. The summed E-state index contributed by atoms with van der Waals surface area (Å²) in [7, 11) is -0.500. The van der Waals surface area contributed by atoms with Crippen molar-refractivity contribution in [2.45, 2.75) is 372 Å². The third-order valence-electron chi connectivity index (χ3n) is 33.6. The van der Waals surface area contributed by atoms with Crippen LogP contribution in [-0.4, -0.2) is 64.2 Å². The average Bonchev–Trinajstić information content (AvgIpc) is 1.14. The molecule has 0 bridgehead atoms. The van der Waals surface area contributed by atoms with Crippen molar-refractivity contribution in [2.75, 3.05) is 0 Å². The highest BCUT2D eigenvalue weighted by Gasteiger charge is 2.65. The Hall–Kier alpha value is -0.570. The lowest BCUT2D eigenvalue weighted by Gasteiger charge is -2.61. The second-order valence-electron chi connectivity index (χ2n) is 40.8. The predicted molar refractivity (Wildman–Crippen MR) is 404 cm³/mol. The Morgan fingerprint density at radius 1 is 0.417 bits per heavy atom. The Bertz CT molecular complexity index is 2470. The van der Waals surface area contributed by atoms with E-state index in [1.807, 2.05) is 41.5 Å². The molecule has 9 fully saturated rings. The number of aliphatic hydroxyl groups is 6. The number of hydrogen-bond donors (Lipinski definition) is 6. The van der Waals surface area contributed by atoms with Crippen LogP contribution < -0.4 is 0 Å². The van der Waals surface area contributed by atoms with Gasteiger partial charge in [-0.1, -0.05) is 139 Å². The van der Waals surface area contributed by atoms with Crippen molar-refractivity contribution in [1.82, 2.24) is 0 Å². The summed E-state index contributed by atoms with van der Waals surface area (Å²) in [5.41, 5.74) is 4.09. The quantitative estimate of drug-likeness (QED) is 0.0714. The van der Waals surface area contributed by atoms with Crippen molar-refractivity contribution >= 4 is 19.5 Å². The summed E-state index contributed by atoms with van der Waals surface area (Å²) in [6.07, 6.45) is 42.5. The van der Waals surface area contributed by atoms with Gasteiger partial charge in [0.1, 0.15) is 0 Å². The van der Waals surface area contributed by atoms with Gasteiger partial charge >= 0.3 is 0 Å². The SMILES string of the molecule is CC[C@]1(O)CC[C@@]2(C)C(=CC(C)[C@H]3[C@@H]4CC[C@H]([C@H](C)CCC(C)(C)O)[C@@]4(C)CC[C@@H]32)C1.CC[C@]1(O)CC[C@@]2(C)C(=C[C@@H](C)[C@H]3[C@@H]4CC[C@H]([C@H](C)CCC(C)(C)O)[C@@]4(C)CC[C@@H]32)C1.CC[C@]1(O)CC[C@@]2(C)C(=C[C@H](C)[C@H]3[C@@H]4CC[C@H]([C@H](C)CCC(C)(C)O)[C@@]4(C)CC[C@@H]32)C1.FP=S. The van der Waals surface area contributed by atoms with Gasteiger partial charge in [0.15, 0.2) is 7.67 Å². The van der Waals surface area contributed by atoms with Crippen LogP contribution in [0, 0.1) is 139 Å². The zero-order valence-electron chi connectivity index (χ0n) is 65.8. The number of allylic oxidation sites excluding steroid dienone is 3. The summed E-state index contributed by atoms with van der Waals surface area (Å²) < 4.78 is 10.1. The first kappa shape index (κ1) is 79.5. The van der Waals surface area contributed by atoms with E-state index in [4.69, 9.17) is 0 Å². The van der Waals surface area contributed by atoms with Crippen molar-refractivity contribution in [3.8, 4) is 0 Å². The highest BCUT2D eigenvalue weighted by molar-refractivity contribution is 7.94. The van der Waals surface area contributed by atoms with Crippen LogP contribution >= 0.6 is 7.67 Å². The maximum atomic E-state index is 11.1. The van der Waals surface area contributed by atoms with E-state index >= 15 is 0 Å². The summed E-state index contributed by atoms with van der Waals surface area (Å²) in [6, 6.07) is 0.